The molecule has 116 valence electrons. The van der Waals surface area contributed by atoms with E-state index in [0.29, 0.717) is 25.9 Å². The summed E-state index contributed by atoms with van der Waals surface area (Å²) >= 11 is 0. The molecule has 0 radical (unpaired) electrons. The topological polar surface area (TPSA) is 78.9 Å². The van der Waals surface area contributed by atoms with Gasteiger partial charge in [0.2, 0.25) is 0 Å². The van der Waals surface area contributed by atoms with Crippen LogP contribution in [0.3, 0.4) is 0 Å². The number of nitrogens with zero attached hydrogens (tertiary/aromatic N) is 1. The van der Waals surface area contributed by atoms with Gasteiger partial charge in [0.1, 0.15) is 6.61 Å². The Morgan fingerprint density at radius 1 is 1.35 bits per heavy atom. The molecule has 6 heteroatoms. The van der Waals surface area contributed by atoms with E-state index >= 15 is 0 Å². The molecule has 2 amide bonds. The standard InChI is InChI=1S/C14H26N2O4/c1-3-5-11(4-2)15-14(19)16-8-6-12(7-9-16)20-10-13(17)18/h11-12H,3-10H2,1-2H3,(H,15,19)(H,17,18). The number of carboxylic acids is 1. The second kappa shape index (κ2) is 8.79. The maximum Gasteiger partial charge on any atom is 0.329 e. The van der Waals surface area contributed by atoms with Crippen molar-refractivity contribution in [3.8, 4) is 0 Å². The number of urea groups is 1. The minimum Gasteiger partial charge on any atom is -0.480 e. The van der Waals surface area contributed by atoms with Crippen LogP contribution in [0.4, 0.5) is 4.79 Å². The van der Waals surface area contributed by atoms with E-state index in [2.05, 4.69) is 19.2 Å². The number of rotatable bonds is 7. The highest BCUT2D eigenvalue weighted by molar-refractivity contribution is 5.74. The molecule has 1 unspecified atom stereocenters. The number of ether oxygens (including phenoxy) is 1. The molecule has 1 rings (SSSR count). The van der Waals surface area contributed by atoms with Gasteiger partial charge in [0.25, 0.3) is 0 Å². The second-order valence-electron chi connectivity index (χ2n) is 5.23. The quantitative estimate of drug-likeness (QED) is 0.748. The third-order valence-electron chi connectivity index (χ3n) is 3.63. The van der Waals surface area contributed by atoms with Crippen molar-refractivity contribution in [1.29, 1.82) is 0 Å². The summed E-state index contributed by atoms with van der Waals surface area (Å²) in [4.78, 5) is 24.3. The zero-order chi connectivity index (χ0) is 15.0. The minimum absolute atomic E-state index is 0.0121. The molecule has 1 saturated heterocycles. The van der Waals surface area contributed by atoms with Crippen LogP contribution in [0.1, 0.15) is 46.0 Å². The fourth-order valence-corrected chi connectivity index (χ4v) is 2.41. The molecule has 0 spiro atoms. The first kappa shape index (κ1) is 16.8. The number of aliphatic carboxylic acids is 1. The number of hydrogen-bond acceptors (Lipinski definition) is 3. The lowest BCUT2D eigenvalue weighted by Crippen LogP contribution is -2.48. The molecule has 20 heavy (non-hydrogen) atoms. The molecule has 1 atom stereocenters. The molecule has 1 heterocycles. The normalized spacial score (nSPS) is 17.8. The van der Waals surface area contributed by atoms with Gasteiger partial charge in [-0.15, -0.1) is 0 Å². The van der Waals surface area contributed by atoms with Crippen molar-refractivity contribution in [2.45, 2.75) is 58.1 Å². The van der Waals surface area contributed by atoms with E-state index in [-0.39, 0.29) is 24.8 Å². The van der Waals surface area contributed by atoms with Crippen LogP contribution in [-0.2, 0) is 9.53 Å². The number of carbonyl (C=O) groups excluding carboxylic acids is 1. The smallest absolute Gasteiger partial charge is 0.329 e. The van der Waals surface area contributed by atoms with Gasteiger partial charge in [-0.25, -0.2) is 9.59 Å². The van der Waals surface area contributed by atoms with E-state index in [1.807, 2.05) is 0 Å². The van der Waals surface area contributed by atoms with E-state index < -0.39 is 5.97 Å². The van der Waals surface area contributed by atoms with Crippen molar-refractivity contribution in [3.63, 3.8) is 0 Å². The van der Waals surface area contributed by atoms with Gasteiger partial charge in [-0.1, -0.05) is 20.3 Å². The van der Waals surface area contributed by atoms with Gasteiger partial charge < -0.3 is 20.1 Å². The zero-order valence-corrected chi connectivity index (χ0v) is 12.4. The van der Waals surface area contributed by atoms with Gasteiger partial charge in [0.15, 0.2) is 0 Å². The molecule has 1 aliphatic heterocycles. The Hall–Kier alpha value is -1.30. The van der Waals surface area contributed by atoms with Crippen molar-refractivity contribution in [2.24, 2.45) is 0 Å². The minimum atomic E-state index is -0.949. The highest BCUT2D eigenvalue weighted by atomic mass is 16.5. The predicted molar refractivity (Wildman–Crippen MR) is 75.7 cm³/mol. The predicted octanol–water partition coefficient (Wildman–Crippen LogP) is 1.84. The summed E-state index contributed by atoms with van der Waals surface area (Å²) in [7, 11) is 0. The monoisotopic (exact) mass is 286 g/mol. The van der Waals surface area contributed by atoms with Gasteiger partial charge >= 0.3 is 12.0 Å². The molecule has 0 aromatic heterocycles. The maximum absolute atomic E-state index is 12.1. The zero-order valence-electron chi connectivity index (χ0n) is 12.4. The SMILES string of the molecule is CCCC(CC)NC(=O)N1CCC(OCC(=O)O)CC1. The van der Waals surface area contributed by atoms with Crippen molar-refractivity contribution in [1.82, 2.24) is 10.2 Å². The first-order chi connectivity index (χ1) is 9.56. The molecule has 1 aliphatic rings. The molecule has 2 N–H and O–H groups in total. The third kappa shape index (κ3) is 5.77. The summed E-state index contributed by atoms with van der Waals surface area (Å²) in [5.74, 6) is -0.949. The van der Waals surface area contributed by atoms with Crippen LogP contribution in [0.2, 0.25) is 0 Å². The number of amides is 2. The summed E-state index contributed by atoms with van der Waals surface area (Å²) in [6.45, 7) is 5.18. The van der Waals surface area contributed by atoms with Crippen molar-refractivity contribution in [2.75, 3.05) is 19.7 Å². The largest absolute Gasteiger partial charge is 0.480 e. The number of nitrogens with one attached hydrogen (secondary N) is 1. The Morgan fingerprint density at radius 2 is 2.00 bits per heavy atom. The Morgan fingerprint density at radius 3 is 2.50 bits per heavy atom. The molecule has 0 aliphatic carbocycles. The summed E-state index contributed by atoms with van der Waals surface area (Å²) in [6, 6.07) is 0.232. The lowest BCUT2D eigenvalue weighted by molar-refractivity contribution is -0.145. The Labute approximate surface area is 120 Å². The van der Waals surface area contributed by atoms with Crippen LogP contribution in [0.25, 0.3) is 0 Å². The number of hydrogen-bond donors (Lipinski definition) is 2. The molecular formula is C14H26N2O4. The van der Waals surface area contributed by atoms with Crippen molar-refractivity contribution >= 4 is 12.0 Å². The fourth-order valence-electron chi connectivity index (χ4n) is 2.41. The van der Waals surface area contributed by atoms with Crippen LogP contribution >= 0.6 is 0 Å². The molecule has 0 aromatic carbocycles. The molecule has 0 bridgehead atoms. The summed E-state index contributed by atoms with van der Waals surface area (Å²) in [5, 5.41) is 11.6. The van der Waals surface area contributed by atoms with Gasteiger partial charge in [-0.3, -0.25) is 0 Å². The maximum atomic E-state index is 12.1. The number of carboxylic acid groups (broad SMARTS) is 1. The summed E-state index contributed by atoms with van der Waals surface area (Å²) in [6.07, 6.45) is 4.35. The Balaban J connectivity index is 2.29. The third-order valence-corrected chi connectivity index (χ3v) is 3.63. The Kier molecular flexibility index (Phi) is 7.36. The van der Waals surface area contributed by atoms with Crippen LogP contribution in [0.5, 0.6) is 0 Å². The van der Waals surface area contributed by atoms with Crippen LogP contribution in [0.15, 0.2) is 0 Å². The van der Waals surface area contributed by atoms with E-state index in [0.717, 1.165) is 19.3 Å². The first-order valence-electron chi connectivity index (χ1n) is 7.45. The average Bonchev–Trinajstić information content (AvgIpc) is 2.45. The molecular weight excluding hydrogens is 260 g/mol. The molecule has 1 fully saturated rings. The number of carbonyl (C=O) groups is 2. The van der Waals surface area contributed by atoms with Crippen molar-refractivity contribution < 1.29 is 19.4 Å². The lowest BCUT2D eigenvalue weighted by atomic mass is 10.1. The number of piperidine rings is 1. The van der Waals surface area contributed by atoms with Gasteiger partial charge in [-0.05, 0) is 25.7 Å². The summed E-state index contributed by atoms with van der Waals surface area (Å²) in [5.41, 5.74) is 0. The second-order valence-corrected chi connectivity index (χ2v) is 5.23. The van der Waals surface area contributed by atoms with Gasteiger partial charge in [0, 0.05) is 19.1 Å². The van der Waals surface area contributed by atoms with Crippen LogP contribution < -0.4 is 5.32 Å². The number of likely N-dealkylation sites (tertiary alicyclic amines) is 1. The first-order valence-corrected chi connectivity index (χ1v) is 7.45. The molecule has 0 saturated carbocycles. The van der Waals surface area contributed by atoms with E-state index in [1.165, 1.54) is 0 Å². The lowest BCUT2D eigenvalue weighted by Gasteiger charge is -2.32. The van der Waals surface area contributed by atoms with E-state index in [9.17, 15) is 9.59 Å². The molecule has 6 nitrogen and oxygen atoms in total. The molecule has 0 aromatic rings. The van der Waals surface area contributed by atoms with E-state index in [1.54, 1.807) is 4.90 Å². The summed E-state index contributed by atoms with van der Waals surface area (Å²) < 4.78 is 5.26. The highest BCUT2D eigenvalue weighted by Crippen LogP contribution is 2.14. The van der Waals surface area contributed by atoms with E-state index in [4.69, 9.17) is 9.84 Å². The fraction of sp³-hybridized carbons (Fsp3) is 0.857. The van der Waals surface area contributed by atoms with Crippen LogP contribution in [-0.4, -0.2) is 53.8 Å². The Bertz CT molecular complexity index is 314. The highest BCUT2D eigenvalue weighted by Gasteiger charge is 2.24. The van der Waals surface area contributed by atoms with Crippen molar-refractivity contribution in [3.05, 3.63) is 0 Å². The average molecular weight is 286 g/mol. The van der Waals surface area contributed by atoms with Gasteiger partial charge in [-0.2, -0.15) is 0 Å². The van der Waals surface area contributed by atoms with Crippen LogP contribution in [0, 0.1) is 0 Å². The van der Waals surface area contributed by atoms with Gasteiger partial charge in [0.05, 0.1) is 6.10 Å².